The monoisotopic (exact) mass is 300 g/mol. The molecule has 2 aromatic rings. The number of esters is 1. The highest BCUT2D eigenvalue weighted by molar-refractivity contribution is 6.09. The lowest BCUT2D eigenvalue weighted by molar-refractivity contribution is -0.144. The van der Waals surface area contributed by atoms with Gasteiger partial charge in [0.05, 0.1) is 6.61 Å². The van der Waals surface area contributed by atoms with Gasteiger partial charge in [0.15, 0.2) is 5.78 Å². The van der Waals surface area contributed by atoms with Gasteiger partial charge < -0.3 is 15.0 Å². The van der Waals surface area contributed by atoms with Crippen molar-refractivity contribution in [3.05, 3.63) is 59.4 Å². The molecule has 0 amide bonds. The van der Waals surface area contributed by atoms with Crippen molar-refractivity contribution in [3.63, 3.8) is 0 Å². The van der Waals surface area contributed by atoms with E-state index in [2.05, 4.69) is 0 Å². The second-order valence-corrected chi connectivity index (χ2v) is 5.09. The quantitative estimate of drug-likeness (QED) is 0.651. The SMILES string of the molecule is CCOC(=O)C(N)Cc1cc(C(=O)c2ccccc2)cn1C. The van der Waals surface area contributed by atoms with Gasteiger partial charge in [-0.2, -0.15) is 0 Å². The maximum Gasteiger partial charge on any atom is 0.323 e. The van der Waals surface area contributed by atoms with Crippen LogP contribution in [0.15, 0.2) is 42.6 Å². The topological polar surface area (TPSA) is 74.3 Å². The summed E-state index contributed by atoms with van der Waals surface area (Å²) in [4.78, 5) is 24.0. The average molecular weight is 300 g/mol. The molecule has 0 fully saturated rings. The highest BCUT2D eigenvalue weighted by Crippen LogP contribution is 2.14. The van der Waals surface area contributed by atoms with Gasteiger partial charge in [0, 0.05) is 36.5 Å². The van der Waals surface area contributed by atoms with Crippen molar-refractivity contribution in [3.8, 4) is 0 Å². The van der Waals surface area contributed by atoms with Crippen LogP contribution in [0.3, 0.4) is 0 Å². The molecule has 0 saturated carbocycles. The van der Waals surface area contributed by atoms with Gasteiger partial charge in [-0.25, -0.2) is 0 Å². The average Bonchev–Trinajstić information content (AvgIpc) is 2.88. The van der Waals surface area contributed by atoms with E-state index in [1.54, 1.807) is 31.3 Å². The number of carbonyl (C=O) groups excluding carboxylic acids is 2. The van der Waals surface area contributed by atoms with E-state index in [1.165, 1.54) is 0 Å². The van der Waals surface area contributed by atoms with E-state index in [4.69, 9.17) is 10.5 Å². The number of nitrogens with zero attached hydrogens (tertiary/aromatic N) is 1. The summed E-state index contributed by atoms with van der Waals surface area (Å²) in [5.74, 6) is -0.480. The molecule has 116 valence electrons. The van der Waals surface area contributed by atoms with Crippen molar-refractivity contribution in [2.24, 2.45) is 12.8 Å². The number of benzene rings is 1. The molecule has 5 nitrogen and oxygen atoms in total. The highest BCUT2D eigenvalue weighted by Gasteiger charge is 2.19. The van der Waals surface area contributed by atoms with Crippen LogP contribution >= 0.6 is 0 Å². The van der Waals surface area contributed by atoms with Gasteiger partial charge in [0.25, 0.3) is 0 Å². The van der Waals surface area contributed by atoms with Crippen LogP contribution in [0.4, 0.5) is 0 Å². The van der Waals surface area contributed by atoms with E-state index < -0.39 is 12.0 Å². The summed E-state index contributed by atoms with van der Waals surface area (Å²) < 4.78 is 6.71. The third-order valence-corrected chi connectivity index (χ3v) is 3.42. The summed E-state index contributed by atoms with van der Waals surface area (Å²) >= 11 is 0. The Kier molecular flexibility index (Phi) is 5.12. The summed E-state index contributed by atoms with van der Waals surface area (Å²) in [6, 6.07) is 10.1. The Morgan fingerprint density at radius 2 is 1.91 bits per heavy atom. The Balaban J connectivity index is 2.15. The molecule has 0 saturated heterocycles. The van der Waals surface area contributed by atoms with E-state index in [-0.39, 0.29) is 5.78 Å². The van der Waals surface area contributed by atoms with Crippen LogP contribution in [0.2, 0.25) is 0 Å². The van der Waals surface area contributed by atoms with Gasteiger partial charge in [-0.05, 0) is 13.0 Å². The molecular formula is C17H20N2O3. The molecular weight excluding hydrogens is 280 g/mol. The van der Waals surface area contributed by atoms with Gasteiger partial charge in [-0.3, -0.25) is 9.59 Å². The smallest absolute Gasteiger partial charge is 0.323 e. The first-order valence-corrected chi connectivity index (χ1v) is 7.20. The molecule has 0 aliphatic carbocycles. The Labute approximate surface area is 129 Å². The Morgan fingerprint density at radius 1 is 1.23 bits per heavy atom. The van der Waals surface area contributed by atoms with Gasteiger partial charge in [0.2, 0.25) is 0 Å². The molecule has 1 aromatic carbocycles. The maximum atomic E-state index is 12.4. The largest absolute Gasteiger partial charge is 0.465 e. The number of rotatable bonds is 6. The third-order valence-electron chi connectivity index (χ3n) is 3.42. The Hall–Kier alpha value is -2.40. The number of hydrogen-bond donors (Lipinski definition) is 1. The van der Waals surface area contributed by atoms with Crippen LogP contribution in [-0.2, 0) is 23.0 Å². The summed E-state index contributed by atoms with van der Waals surface area (Å²) in [5, 5.41) is 0. The summed E-state index contributed by atoms with van der Waals surface area (Å²) in [7, 11) is 1.83. The first kappa shape index (κ1) is 16.0. The number of ketones is 1. The van der Waals surface area contributed by atoms with E-state index in [1.807, 2.05) is 29.8 Å². The van der Waals surface area contributed by atoms with Gasteiger partial charge in [0.1, 0.15) is 6.04 Å². The van der Waals surface area contributed by atoms with Gasteiger partial charge >= 0.3 is 5.97 Å². The zero-order valence-electron chi connectivity index (χ0n) is 12.8. The Bertz CT molecular complexity index is 662. The lowest BCUT2D eigenvalue weighted by Gasteiger charge is -2.10. The lowest BCUT2D eigenvalue weighted by atomic mass is 10.1. The first-order valence-electron chi connectivity index (χ1n) is 7.20. The molecule has 2 N–H and O–H groups in total. The van der Waals surface area contributed by atoms with Crippen LogP contribution in [0.25, 0.3) is 0 Å². The Morgan fingerprint density at radius 3 is 2.55 bits per heavy atom. The van der Waals surface area contributed by atoms with Crippen molar-refractivity contribution in [2.45, 2.75) is 19.4 Å². The predicted octanol–water partition coefficient (Wildman–Crippen LogP) is 1.69. The van der Waals surface area contributed by atoms with Crippen molar-refractivity contribution in [2.75, 3.05) is 6.61 Å². The summed E-state index contributed by atoms with van der Waals surface area (Å²) in [5.41, 5.74) is 7.86. The molecule has 0 spiro atoms. The fraction of sp³-hybridized carbons (Fsp3) is 0.294. The fourth-order valence-electron chi connectivity index (χ4n) is 2.25. The van der Waals surface area contributed by atoms with E-state index in [0.717, 1.165) is 5.69 Å². The number of aromatic nitrogens is 1. The number of hydrogen-bond acceptors (Lipinski definition) is 4. The summed E-state index contributed by atoms with van der Waals surface area (Å²) in [6.07, 6.45) is 2.08. The van der Waals surface area contributed by atoms with Gasteiger partial charge in [-0.1, -0.05) is 30.3 Å². The fourth-order valence-corrected chi connectivity index (χ4v) is 2.25. The van der Waals surface area contributed by atoms with Crippen LogP contribution in [0, 0.1) is 0 Å². The lowest BCUT2D eigenvalue weighted by Crippen LogP contribution is -2.34. The molecule has 1 atom stereocenters. The zero-order chi connectivity index (χ0) is 16.1. The minimum absolute atomic E-state index is 0.0489. The van der Waals surface area contributed by atoms with E-state index in [9.17, 15) is 9.59 Å². The van der Waals surface area contributed by atoms with E-state index in [0.29, 0.717) is 24.2 Å². The number of nitrogens with two attached hydrogens (primary N) is 1. The van der Waals surface area contributed by atoms with E-state index >= 15 is 0 Å². The van der Waals surface area contributed by atoms with Crippen molar-refractivity contribution >= 4 is 11.8 Å². The highest BCUT2D eigenvalue weighted by atomic mass is 16.5. The normalized spacial score (nSPS) is 12.0. The van der Waals surface area contributed by atoms with Crippen LogP contribution < -0.4 is 5.73 Å². The minimum Gasteiger partial charge on any atom is -0.465 e. The minimum atomic E-state index is -0.728. The zero-order valence-corrected chi connectivity index (χ0v) is 12.8. The van der Waals surface area contributed by atoms with Crippen molar-refractivity contribution in [1.29, 1.82) is 0 Å². The van der Waals surface area contributed by atoms with Crippen molar-refractivity contribution in [1.82, 2.24) is 4.57 Å². The number of aryl methyl sites for hydroxylation is 1. The number of carbonyl (C=O) groups is 2. The van der Waals surface area contributed by atoms with Crippen LogP contribution in [0.1, 0.15) is 28.5 Å². The molecule has 0 bridgehead atoms. The molecule has 1 aromatic heterocycles. The van der Waals surface area contributed by atoms with Gasteiger partial charge in [-0.15, -0.1) is 0 Å². The van der Waals surface area contributed by atoms with Crippen molar-refractivity contribution < 1.29 is 14.3 Å². The standard InChI is InChI=1S/C17H20N2O3/c1-3-22-17(21)15(18)10-14-9-13(11-19(14)2)16(20)12-7-5-4-6-8-12/h4-9,11,15H,3,10,18H2,1-2H3. The molecule has 2 rings (SSSR count). The second kappa shape index (κ2) is 7.04. The molecule has 1 heterocycles. The molecule has 1 unspecified atom stereocenters. The third kappa shape index (κ3) is 3.62. The molecule has 22 heavy (non-hydrogen) atoms. The summed E-state index contributed by atoms with van der Waals surface area (Å²) in [6.45, 7) is 2.04. The molecule has 0 aliphatic heterocycles. The number of ether oxygens (including phenoxy) is 1. The first-order chi connectivity index (χ1) is 10.5. The predicted molar refractivity (Wildman–Crippen MR) is 83.6 cm³/mol. The molecule has 0 aliphatic rings. The second-order valence-electron chi connectivity index (χ2n) is 5.09. The van der Waals surface area contributed by atoms with Crippen LogP contribution in [0.5, 0.6) is 0 Å². The molecule has 5 heteroatoms. The maximum absolute atomic E-state index is 12.4. The van der Waals surface area contributed by atoms with Crippen LogP contribution in [-0.4, -0.2) is 29.0 Å². The molecule has 0 radical (unpaired) electrons.